The van der Waals surface area contributed by atoms with Gasteiger partial charge in [-0.2, -0.15) is 0 Å². The fraction of sp³-hybridized carbons (Fsp3) is 0.606. The standard InChI is InChI=1S/C33H49N3O2/c1-32(2,3)24-38-28-14-12-27(13-15-28)31(26-10-8-7-9-11-26)35-20-21-36(29(23-35)33(4,5)6)30(37)22-25-16-18-34-19-17-25/h7-15,25,29,31,34H,16-24H2,1-6H3/t29-,31?/m1/s1. The number of piperidine rings is 1. The van der Waals surface area contributed by atoms with Crippen molar-refractivity contribution in [3.8, 4) is 5.75 Å². The van der Waals surface area contributed by atoms with E-state index in [-0.39, 0.29) is 22.9 Å². The number of hydrogen-bond acceptors (Lipinski definition) is 4. The number of nitrogens with one attached hydrogen (secondary N) is 1. The van der Waals surface area contributed by atoms with E-state index in [4.69, 9.17) is 4.74 Å². The number of piperazine rings is 1. The molecule has 0 saturated carbocycles. The molecule has 5 heteroatoms. The zero-order valence-electron chi connectivity index (χ0n) is 24.5. The van der Waals surface area contributed by atoms with E-state index in [1.807, 2.05) is 0 Å². The summed E-state index contributed by atoms with van der Waals surface area (Å²) >= 11 is 0. The van der Waals surface area contributed by atoms with Crippen molar-refractivity contribution in [1.82, 2.24) is 15.1 Å². The molecule has 2 aromatic carbocycles. The molecule has 1 unspecified atom stereocenters. The molecule has 2 fully saturated rings. The molecule has 0 bridgehead atoms. The third-order valence-electron chi connectivity index (χ3n) is 8.00. The van der Waals surface area contributed by atoms with Gasteiger partial charge in [-0.05, 0) is 65.9 Å². The van der Waals surface area contributed by atoms with Gasteiger partial charge in [-0.25, -0.2) is 0 Å². The van der Waals surface area contributed by atoms with Crippen molar-refractivity contribution < 1.29 is 9.53 Å². The van der Waals surface area contributed by atoms with Crippen molar-refractivity contribution >= 4 is 5.91 Å². The predicted molar refractivity (Wildman–Crippen MR) is 156 cm³/mol. The Bertz CT molecular complexity index is 1020. The molecule has 0 aromatic heterocycles. The number of benzene rings is 2. The molecular weight excluding hydrogens is 470 g/mol. The van der Waals surface area contributed by atoms with Crippen molar-refractivity contribution in [2.45, 2.75) is 72.9 Å². The summed E-state index contributed by atoms with van der Waals surface area (Å²) in [6.45, 7) is 18.7. The van der Waals surface area contributed by atoms with Crippen molar-refractivity contribution in [1.29, 1.82) is 0 Å². The highest BCUT2D eigenvalue weighted by molar-refractivity contribution is 5.77. The Morgan fingerprint density at radius 1 is 0.921 bits per heavy atom. The predicted octanol–water partition coefficient (Wildman–Crippen LogP) is 6.15. The summed E-state index contributed by atoms with van der Waals surface area (Å²) in [4.78, 5) is 18.4. The van der Waals surface area contributed by atoms with Crippen LogP contribution in [0.15, 0.2) is 54.6 Å². The third kappa shape index (κ3) is 7.60. The molecule has 0 radical (unpaired) electrons. The molecule has 2 saturated heterocycles. The Morgan fingerprint density at radius 3 is 2.16 bits per heavy atom. The minimum atomic E-state index is -0.00561. The molecule has 0 aliphatic carbocycles. The van der Waals surface area contributed by atoms with Gasteiger partial charge >= 0.3 is 0 Å². The summed E-state index contributed by atoms with van der Waals surface area (Å²) in [7, 11) is 0. The van der Waals surface area contributed by atoms with Crippen LogP contribution in [-0.2, 0) is 4.79 Å². The highest BCUT2D eigenvalue weighted by Crippen LogP contribution is 2.36. The van der Waals surface area contributed by atoms with E-state index >= 15 is 0 Å². The van der Waals surface area contributed by atoms with Gasteiger partial charge in [0.15, 0.2) is 0 Å². The second-order valence-corrected chi connectivity index (χ2v) is 13.6. The summed E-state index contributed by atoms with van der Waals surface area (Å²) in [5.41, 5.74) is 2.67. The summed E-state index contributed by atoms with van der Waals surface area (Å²) < 4.78 is 6.06. The Hall–Kier alpha value is -2.37. The molecule has 4 rings (SSSR count). The highest BCUT2D eigenvalue weighted by Gasteiger charge is 2.40. The minimum Gasteiger partial charge on any atom is -0.493 e. The number of rotatable bonds is 7. The number of hydrogen-bond donors (Lipinski definition) is 1. The summed E-state index contributed by atoms with van der Waals surface area (Å²) in [5.74, 6) is 1.77. The largest absolute Gasteiger partial charge is 0.493 e. The van der Waals surface area contributed by atoms with Gasteiger partial charge in [-0.1, -0.05) is 84.0 Å². The lowest BCUT2D eigenvalue weighted by atomic mass is 9.82. The van der Waals surface area contributed by atoms with Gasteiger partial charge in [0.05, 0.1) is 12.6 Å². The normalized spacial score (nSPS) is 20.8. The van der Waals surface area contributed by atoms with E-state index in [1.165, 1.54) is 11.1 Å². The first kappa shape index (κ1) is 28.6. The number of ether oxygens (including phenoxy) is 1. The molecule has 2 aromatic rings. The third-order valence-corrected chi connectivity index (χ3v) is 8.00. The molecule has 5 nitrogen and oxygen atoms in total. The van der Waals surface area contributed by atoms with Gasteiger partial charge in [0.2, 0.25) is 5.91 Å². The van der Waals surface area contributed by atoms with E-state index in [0.29, 0.717) is 24.9 Å². The molecule has 1 N–H and O–H groups in total. The molecule has 2 heterocycles. The average molecular weight is 520 g/mol. The lowest BCUT2D eigenvalue weighted by molar-refractivity contribution is -0.141. The van der Waals surface area contributed by atoms with Crippen LogP contribution in [0.3, 0.4) is 0 Å². The Balaban J connectivity index is 1.55. The number of amides is 1. The Morgan fingerprint density at radius 2 is 1.55 bits per heavy atom. The molecule has 2 aliphatic rings. The van der Waals surface area contributed by atoms with E-state index in [0.717, 1.165) is 51.3 Å². The van der Waals surface area contributed by atoms with Crippen molar-refractivity contribution in [2.24, 2.45) is 16.7 Å². The van der Waals surface area contributed by atoms with Crippen LogP contribution in [0.2, 0.25) is 0 Å². The first-order valence-corrected chi connectivity index (χ1v) is 14.5. The SMILES string of the molecule is CC(C)(C)COc1ccc(C(c2ccccc2)N2CCN(C(=O)CC3CCNCC3)[C@@H](C(C)(C)C)C2)cc1. The number of nitrogens with zero attached hydrogens (tertiary/aromatic N) is 2. The van der Waals surface area contributed by atoms with Crippen LogP contribution < -0.4 is 10.1 Å². The number of carbonyl (C=O) groups excluding carboxylic acids is 1. The molecule has 1 amide bonds. The maximum atomic E-state index is 13.6. The summed E-state index contributed by atoms with van der Waals surface area (Å²) in [6, 6.07) is 19.8. The first-order chi connectivity index (χ1) is 18.0. The van der Waals surface area contributed by atoms with Crippen molar-refractivity contribution in [3.63, 3.8) is 0 Å². The summed E-state index contributed by atoms with van der Waals surface area (Å²) in [6.07, 6.45) is 2.90. The van der Waals surface area contributed by atoms with Crippen LogP contribution in [0, 0.1) is 16.7 Å². The zero-order chi connectivity index (χ0) is 27.3. The fourth-order valence-corrected chi connectivity index (χ4v) is 5.82. The average Bonchev–Trinajstić information content (AvgIpc) is 2.88. The molecule has 2 aliphatic heterocycles. The van der Waals surface area contributed by atoms with Crippen LogP contribution >= 0.6 is 0 Å². The van der Waals surface area contributed by atoms with E-state index in [1.54, 1.807) is 0 Å². The lowest BCUT2D eigenvalue weighted by Gasteiger charge is -2.49. The monoisotopic (exact) mass is 519 g/mol. The minimum absolute atomic E-state index is 0.00561. The van der Waals surface area contributed by atoms with Crippen LogP contribution in [0.25, 0.3) is 0 Å². The van der Waals surface area contributed by atoms with Gasteiger partial charge < -0.3 is 15.0 Å². The molecule has 2 atom stereocenters. The Kier molecular flexibility index (Phi) is 9.20. The van der Waals surface area contributed by atoms with E-state index < -0.39 is 0 Å². The van der Waals surface area contributed by atoms with Crippen molar-refractivity contribution in [3.05, 3.63) is 65.7 Å². The molecule has 0 spiro atoms. The maximum absolute atomic E-state index is 13.6. The van der Waals surface area contributed by atoms with Crippen LogP contribution in [0.4, 0.5) is 0 Å². The first-order valence-electron chi connectivity index (χ1n) is 14.5. The van der Waals surface area contributed by atoms with Gasteiger partial charge in [0.25, 0.3) is 0 Å². The van der Waals surface area contributed by atoms with Gasteiger partial charge in [-0.3, -0.25) is 9.69 Å². The van der Waals surface area contributed by atoms with Gasteiger partial charge in [-0.15, -0.1) is 0 Å². The topological polar surface area (TPSA) is 44.8 Å². The van der Waals surface area contributed by atoms with E-state index in [9.17, 15) is 4.79 Å². The molecule has 208 valence electrons. The van der Waals surface area contributed by atoms with Gasteiger partial charge in [0, 0.05) is 32.1 Å². The second kappa shape index (κ2) is 12.2. The number of carbonyl (C=O) groups is 1. The van der Waals surface area contributed by atoms with E-state index in [2.05, 4.69) is 111 Å². The lowest BCUT2D eigenvalue weighted by Crippen LogP contribution is -2.60. The van der Waals surface area contributed by atoms with Crippen LogP contribution in [-0.4, -0.2) is 61.1 Å². The second-order valence-electron chi connectivity index (χ2n) is 13.6. The molecule has 38 heavy (non-hydrogen) atoms. The highest BCUT2D eigenvalue weighted by atomic mass is 16.5. The Labute approximate surface area is 230 Å². The quantitative estimate of drug-likeness (QED) is 0.477. The zero-order valence-corrected chi connectivity index (χ0v) is 24.5. The smallest absolute Gasteiger partial charge is 0.223 e. The van der Waals surface area contributed by atoms with Gasteiger partial charge in [0.1, 0.15) is 5.75 Å². The maximum Gasteiger partial charge on any atom is 0.223 e. The fourth-order valence-electron chi connectivity index (χ4n) is 5.82. The van der Waals surface area contributed by atoms with Crippen LogP contribution in [0.1, 0.15) is 78.0 Å². The van der Waals surface area contributed by atoms with Crippen LogP contribution in [0.5, 0.6) is 5.75 Å². The molecular formula is C33H49N3O2. The van der Waals surface area contributed by atoms with Crippen molar-refractivity contribution in [2.75, 3.05) is 39.3 Å². The summed E-state index contributed by atoms with van der Waals surface area (Å²) in [5, 5.41) is 3.43.